The molecule has 0 aromatic heterocycles. The van der Waals surface area contributed by atoms with E-state index in [1.165, 1.54) is 13.2 Å². The van der Waals surface area contributed by atoms with E-state index in [4.69, 9.17) is 4.74 Å². The first kappa shape index (κ1) is 15.5. The molecule has 0 fully saturated rings. The quantitative estimate of drug-likeness (QED) is 0.858. The number of hydrogen-bond donors (Lipinski definition) is 2. The largest absolute Gasteiger partial charge is 0.496 e. The van der Waals surface area contributed by atoms with Gasteiger partial charge in [-0.2, -0.15) is 0 Å². The fourth-order valence-corrected chi connectivity index (χ4v) is 2.44. The highest BCUT2D eigenvalue weighted by atomic mass is 19.1. The average molecular weight is 289 g/mol. The van der Waals surface area contributed by atoms with E-state index >= 15 is 0 Å². The van der Waals surface area contributed by atoms with Gasteiger partial charge < -0.3 is 15.2 Å². The van der Waals surface area contributed by atoms with E-state index in [-0.39, 0.29) is 24.5 Å². The molecule has 2 N–H and O–H groups in total. The van der Waals surface area contributed by atoms with E-state index in [0.29, 0.717) is 11.3 Å². The molecule has 112 valence electrons. The number of benzene rings is 2. The SMILES string of the molecule is COc1cccc(F)c1C(C)N[C@@H](CO)c1ccccc1. The van der Waals surface area contributed by atoms with Crippen molar-refractivity contribution in [3.05, 3.63) is 65.5 Å². The van der Waals surface area contributed by atoms with Crippen molar-refractivity contribution in [1.29, 1.82) is 0 Å². The van der Waals surface area contributed by atoms with Gasteiger partial charge in [-0.05, 0) is 24.6 Å². The van der Waals surface area contributed by atoms with Crippen LogP contribution in [-0.4, -0.2) is 18.8 Å². The molecule has 0 saturated heterocycles. The average Bonchev–Trinajstić information content (AvgIpc) is 2.52. The third-order valence-corrected chi connectivity index (χ3v) is 3.50. The normalized spacial score (nSPS) is 13.7. The Kier molecular flexibility index (Phi) is 5.31. The minimum atomic E-state index is -0.320. The highest BCUT2D eigenvalue weighted by molar-refractivity contribution is 5.37. The molecule has 3 nitrogen and oxygen atoms in total. The van der Waals surface area contributed by atoms with Gasteiger partial charge in [0.05, 0.1) is 19.8 Å². The summed E-state index contributed by atoms with van der Waals surface area (Å²) in [7, 11) is 1.52. The van der Waals surface area contributed by atoms with Crippen molar-refractivity contribution in [2.75, 3.05) is 13.7 Å². The molecule has 0 aliphatic heterocycles. The molecule has 0 heterocycles. The number of aliphatic hydroxyl groups is 1. The Morgan fingerprint density at radius 2 is 1.86 bits per heavy atom. The van der Waals surface area contributed by atoms with Crippen LogP contribution < -0.4 is 10.1 Å². The van der Waals surface area contributed by atoms with Gasteiger partial charge in [0.25, 0.3) is 0 Å². The van der Waals surface area contributed by atoms with Crippen molar-refractivity contribution in [1.82, 2.24) is 5.32 Å². The van der Waals surface area contributed by atoms with Gasteiger partial charge in [0, 0.05) is 11.6 Å². The maximum atomic E-state index is 14.1. The minimum Gasteiger partial charge on any atom is -0.496 e. The molecule has 2 aromatic carbocycles. The number of hydrogen-bond acceptors (Lipinski definition) is 3. The number of rotatable bonds is 6. The van der Waals surface area contributed by atoms with Crippen LogP contribution >= 0.6 is 0 Å². The van der Waals surface area contributed by atoms with E-state index in [9.17, 15) is 9.50 Å². The number of halogens is 1. The van der Waals surface area contributed by atoms with Crippen molar-refractivity contribution >= 4 is 0 Å². The summed E-state index contributed by atoms with van der Waals surface area (Å²) in [5, 5.41) is 12.8. The lowest BCUT2D eigenvalue weighted by molar-refractivity contribution is 0.233. The zero-order valence-corrected chi connectivity index (χ0v) is 12.2. The Labute approximate surface area is 124 Å². The van der Waals surface area contributed by atoms with Crippen LogP contribution in [0.2, 0.25) is 0 Å². The van der Waals surface area contributed by atoms with Gasteiger partial charge >= 0.3 is 0 Å². The van der Waals surface area contributed by atoms with E-state index in [1.807, 2.05) is 37.3 Å². The van der Waals surface area contributed by atoms with Crippen molar-refractivity contribution in [2.45, 2.75) is 19.0 Å². The molecule has 1 unspecified atom stereocenters. The predicted molar refractivity (Wildman–Crippen MR) is 80.8 cm³/mol. The van der Waals surface area contributed by atoms with Crippen LogP contribution in [0.4, 0.5) is 4.39 Å². The van der Waals surface area contributed by atoms with Crippen molar-refractivity contribution in [3.63, 3.8) is 0 Å². The molecule has 0 aliphatic carbocycles. The molecule has 0 radical (unpaired) electrons. The maximum absolute atomic E-state index is 14.1. The molecule has 0 saturated carbocycles. The molecule has 0 aliphatic rings. The summed E-state index contributed by atoms with van der Waals surface area (Å²) in [5.74, 6) is 0.179. The van der Waals surface area contributed by atoms with Gasteiger partial charge in [-0.25, -0.2) is 4.39 Å². The van der Waals surface area contributed by atoms with Crippen molar-refractivity contribution < 1.29 is 14.2 Å². The van der Waals surface area contributed by atoms with Crippen molar-refractivity contribution in [2.24, 2.45) is 0 Å². The molecule has 2 rings (SSSR count). The lowest BCUT2D eigenvalue weighted by Crippen LogP contribution is -2.28. The Morgan fingerprint density at radius 3 is 2.48 bits per heavy atom. The fraction of sp³-hybridized carbons (Fsp3) is 0.294. The van der Waals surface area contributed by atoms with Crippen molar-refractivity contribution in [3.8, 4) is 5.75 Å². The summed E-state index contributed by atoms with van der Waals surface area (Å²) in [6, 6.07) is 13.8. The van der Waals surface area contributed by atoms with Gasteiger partial charge in [0.1, 0.15) is 11.6 Å². The molecular formula is C17H20FNO2. The molecule has 0 spiro atoms. The van der Waals surface area contributed by atoms with Crippen LogP contribution in [0, 0.1) is 5.82 Å². The van der Waals surface area contributed by atoms with Crippen LogP contribution in [-0.2, 0) is 0 Å². The second-order valence-electron chi connectivity index (χ2n) is 4.89. The Balaban J connectivity index is 2.23. The monoisotopic (exact) mass is 289 g/mol. The van der Waals surface area contributed by atoms with Crippen LogP contribution in [0.25, 0.3) is 0 Å². The Hall–Kier alpha value is -1.91. The molecule has 4 heteroatoms. The summed E-state index contributed by atoms with van der Waals surface area (Å²) in [6.45, 7) is 1.79. The van der Waals surface area contributed by atoms with Crippen LogP contribution in [0.15, 0.2) is 48.5 Å². The second-order valence-corrected chi connectivity index (χ2v) is 4.89. The smallest absolute Gasteiger partial charge is 0.131 e. The number of ether oxygens (including phenoxy) is 1. The van der Waals surface area contributed by atoms with Gasteiger partial charge in [-0.15, -0.1) is 0 Å². The summed E-state index contributed by atoms with van der Waals surface area (Å²) < 4.78 is 19.3. The van der Waals surface area contributed by atoms with Gasteiger partial charge in [0.2, 0.25) is 0 Å². The van der Waals surface area contributed by atoms with Gasteiger partial charge in [0.15, 0.2) is 0 Å². The number of methoxy groups -OCH3 is 1. The lowest BCUT2D eigenvalue weighted by atomic mass is 10.0. The Morgan fingerprint density at radius 1 is 1.14 bits per heavy atom. The first-order valence-electron chi connectivity index (χ1n) is 6.91. The standard InChI is InChI=1S/C17H20FNO2/c1-12(17-14(18)9-6-10-16(17)21-2)19-15(11-20)13-7-4-3-5-8-13/h3-10,12,15,19-20H,11H2,1-2H3/t12?,15-/m0/s1. The highest BCUT2D eigenvalue weighted by Gasteiger charge is 2.20. The minimum absolute atomic E-state index is 0.0644. The predicted octanol–water partition coefficient (Wildman–Crippen LogP) is 3.22. The summed E-state index contributed by atoms with van der Waals surface area (Å²) >= 11 is 0. The van der Waals surface area contributed by atoms with E-state index in [0.717, 1.165) is 5.56 Å². The van der Waals surface area contributed by atoms with E-state index in [2.05, 4.69) is 5.32 Å². The molecule has 2 aromatic rings. The molecule has 0 bridgehead atoms. The van der Waals surface area contributed by atoms with Crippen LogP contribution in [0.5, 0.6) is 5.75 Å². The zero-order valence-electron chi connectivity index (χ0n) is 12.2. The van der Waals surface area contributed by atoms with E-state index in [1.54, 1.807) is 12.1 Å². The zero-order chi connectivity index (χ0) is 15.2. The summed E-state index contributed by atoms with van der Waals surface area (Å²) in [4.78, 5) is 0. The van der Waals surface area contributed by atoms with Crippen LogP contribution in [0.3, 0.4) is 0 Å². The third kappa shape index (κ3) is 3.60. The first-order valence-corrected chi connectivity index (χ1v) is 6.91. The molecule has 0 amide bonds. The maximum Gasteiger partial charge on any atom is 0.131 e. The molecule has 21 heavy (non-hydrogen) atoms. The van der Waals surface area contributed by atoms with Crippen LogP contribution in [0.1, 0.15) is 30.1 Å². The highest BCUT2D eigenvalue weighted by Crippen LogP contribution is 2.29. The number of aliphatic hydroxyl groups excluding tert-OH is 1. The second kappa shape index (κ2) is 7.20. The lowest BCUT2D eigenvalue weighted by Gasteiger charge is -2.24. The molecule has 2 atom stereocenters. The van der Waals surface area contributed by atoms with E-state index < -0.39 is 0 Å². The summed E-state index contributed by atoms with van der Waals surface area (Å²) in [5.41, 5.74) is 1.43. The first-order chi connectivity index (χ1) is 10.2. The number of nitrogens with one attached hydrogen (secondary N) is 1. The van der Waals surface area contributed by atoms with Gasteiger partial charge in [-0.1, -0.05) is 36.4 Å². The summed E-state index contributed by atoms with van der Waals surface area (Å²) in [6.07, 6.45) is 0. The Bertz CT molecular complexity index is 574. The third-order valence-electron chi connectivity index (χ3n) is 3.50. The fourth-order valence-electron chi connectivity index (χ4n) is 2.44. The molecular weight excluding hydrogens is 269 g/mol. The topological polar surface area (TPSA) is 41.5 Å². The van der Waals surface area contributed by atoms with Gasteiger partial charge in [-0.3, -0.25) is 0 Å².